The Morgan fingerprint density at radius 1 is 1.11 bits per heavy atom. The van der Waals surface area contributed by atoms with Crippen LogP contribution in [-0.2, 0) is 4.79 Å². The molecule has 8 heteroatoms. The van der Waals surface area contributed by atoms with Crippen LogP contribution in [-0.4, -0.2) is 37.6 Å². The summed E-state index contributed by atoms with van der Waals surface area (Å²) in [4.78, 5) is 28.7. The summed E-state index contributed by atoms with van der Waals surface area (Å²) >= 11 is 1.37. The first kappa shape index (κ1) is 18.7. The first-order chi connectivity index (χ1) is 13.1. The molecule has 0 bridgehead atoms. The number of nitrogens with one attached hydrogen (secondary N) is 2. The zero-order chi connectivity index (χ0) is 19.2. The number of carbonyl (C=O) groups is 2. The van der Waals surface area contributed by atoms with Gasteiger partial charge in [0.15, 0.2) is 5.13 Å². The molecule has 0 aliphatic heterocycles. The highest BCUT2D eigenvalue weighted by atomic mass is 32.1. The minimum absolute atomic E-state index is 0.139. The molecule has 2 N–H and O–H groups in total. The van der Waals surface area contributed by atoms with Crippen molar-refractivity contribution in [2.45, 2.75) is 6.42 Å². The van der Waals surface area contributed by atoms with Crippen LogP contribution in [0.4, 0.5) is 5.13 Å². The van der Waals surface area contributed by atoms with Crippen LogP contribution < -0.4 is 20.1 Å². The van der Waals surface area contributed by atoms with Gasteiger partial charge in [-0.05, 0) is 30.3 Å². The van der Waals surface area contributed by atoms with E-state index in [2.05, 4.69) is 15.6 Å². The topological polar surface area (TPSA) is 89.5 Å². The lowest BCUT2D eigenvalue weighted by Crippen LogP contribution is -2.28. The number of carbonyl (C=O) groups excluding carboxylic acids is 2. The molecule has 140 valence electrons. The minimum Gasteiger partial charge on any atom is -0.497 e. The number of nitrogens with zero attached hydrogens (tertiary/aromatic N) is 1. The van der Waals surface area contributed by atoms with Crippen LogP contribution in [0.5, 0.6) is 11.5 Å². The van der Waals surface area contributed by atoms with Crippen molar-refractivity contribution in [2.75, 3.05) is 26.1 Å². The molecule has 3 aromatic rings. The lowest BCUT2D eigenvalue weighted by Gasteiger charge is -2.08. The van der Waals surface area contributed by atoms with Gasteiger partial charge in [-0.2, -0.15) is 0 Å². The van der Waals surface area contributed by atoms with Crippen molar-refractivity contribution in [3.8, 4) is 11.5 Å². The zero-order valence-corrected chi connectivity index (χ0v) is 15.8. The Bertz CT molecular complexity index is 970. The van der Waals surface area contributed by atoms with Gasteiger partial charge in [-0.3, -0.25) is 9.59 Å². The zero-order valence-electron chi connectivity index (χ0n) is 14.9. The third-order valence-corrected chi connectivity index (χ3v) is 4.76. The molecule has 0 saturated carbocycles. The van der Waals surface area contributed by atoms with Crippen LogP contribution in [0, 0.1) is 0 Å². The first-order valence-corrected chi connectivity index (χ1v) is 9.08. The maximum Gasteiger partial charge on any atom is 0.255 e. The number of para-hydroxylation sites is 1. The molecule has 2 amide bonds. The van der Waals surface area contributed by atoms with E-state index in [1.165, 1.54) is 18.4 Å². The number of amides is 2. The molecule has 0 unspecified atom stereocenters. The standard InChI is InChI=1S/C19H19N3O4S/c1-25-12-7-8-14-16(11-12)27-19(21-14)22-17(23)9-10-20-18(24)13-5-3-4-6-15(13)26-2/h3-8,11H,9-10H2,1-2H3,(H,20,24)(H,21,22,23). The van der Waals surface area contributed by atoms with E-state index in [-0.39, 0.29) is 24.8 Å². The number of anilines is 1. The summed E-state index contributed by atoms with van der Waals surface area (Å²) in [5.74, 6) is 0.723. The number of rotatable bonds is 7. The molecule has 27 heavy (non-hydrogen) atoms. The van der Waals surface area contributed by atoms with E-state index in [0.717, 1.165) is 16.0 Å². The predicted octanol–water partition coefficient (Wildman–Crippen LogP) is 3.07. The molecule has 1 aromatic heterocycles. The number of hydrogen-bond donors (Lipinski definition) is 2. The summed E-state index contributed by atoms with van der Waals surface area (Å²) in [6.07, 6.45) is 0.139. The maximum atomic E-state index is 12.2. The smallest absolute Gasteiger partial charge is 0.255 e. The van der Waals surface area contributed by atoms with Gasteiger partial charge in [0.25, 0.3) is 5.91 Å². The van der Waals surface area contributed by atoms with Crippen molar-refractivity contribution in [3.05, 3.63) is 48.0 Å². The summed E-state index contributed by atoms with van der Waals surface area (Å²) in [5, 5.41) is 5.99. The summed E-state index contributed by atoms with van der Waals surface area (Å²) in [5.41, 5.74) is 1.22. The van der Waals surface area contributed by atoms with Gasteiger partial charge < -0.3 is 20.1 Å². The van der Waals surface area contributed by atoms with E-state index in [0.29, 0.717) is 16.4 Å². The molecule has 0 spiro atoms. The number of aromatic nitrogens is 1. The third kappa shape index (κ3) is 4.53. The van der Waals surface area contributed by atoms with Crippen molar-refractivity contribution in [1.82, 2.24) is 10.3 Å². The third-order valence-electron chi connectivity index (χ3n) is 3.83. The van der Waals surface area contributed by atoms with Crippen LogP contribution in [0.15, 0.2) is 42.5 Å². The molecule has 3 rings (SSSR count). The summed E-state index contributed by atoms with van der Waals surface area (Å²) in [7, 11) is 3.11. The largest absolute Gasteiger partial charge is 0.497 e. The van der Waals surface area contributed by atoms with Crippen LogP contribution in [0.3, 0.4) is 0 Å². The highest BCUT2D eigenvalue weighted by molar-refractivity contribution is 7.22. The molecule has 0 radical (unpaired) electrons. The fourth-order valence-electron chi connectivity index (χ4n) is 2.48. The summed E-state index contributed by atoms with van der Waals surface area (Å²) < 4.78 is 11.3. The Hall–Kier alpha value is -3.13. The van der Waals surface area contributed by atoms with Gasteiger partial charge in [-0.15, -0.1) is 0 Å². The molecule has 0 fully saturated rings. The first-order valence-electron chi connectivity index (χ1n) is 8.26. The Morgan fingerprint density at radius 2 is 1.93 bits per heavy atom. The van der Waals surface area contributed by atoms with Gasteiger partial charge in [-0.1, -0.05) is 23.5 Å². The molecule has 0 aliphatic rings. The summed E-state index contributed by atoms with van der Waals surface area (Å²) in [6, 6.07) is 12.5. The van der Waals surface area contributed by atoms with E-state index >= 15 is 0 Å². The molecule has 0 aliphatic carbocycles. The van der Waals surface area contributed by atoms with Crippen LogP contribution in [0.1, 0.15) is 16.8 Å². The quantitative estimate of drug-likeness (QED) is 0.652. The van der Waals surface area contributed by atoms with Gasteiger partial charge >= 0.3 is 0 Å². The average molecular weight is 385 g/mol. The number of hydrogen-bond acceptors (Lipinski definition) is 6. The number of benzene rings is 2. The highest BCUT2D eigenvalue weighted by Crippen LogP contribution is 2.29. The maximum absolute atomic E-state index is 12.2. The molecule has 1 heterocycles. The van der Waals surface area contributed by atoms with E-state index in [4.69, 9.17) is 9.47 Å². The SMILES string of the molecule is COc1ccc2nc(NC(=O)CCNC(=O)c3ccccc3OC)sc2c1. The molecule has 0 saturated heterocycles. The van der Waals surface area contributed by atoms with Crippen molar-refractivity contribution in [3.63, 3.8) is 0 Å². The van der Waals surface area contributed by atoms with E-state index in [9.17, 15) is 9.59 Å². The van der Waals surface area contributed by atoms with Gasteiger partial charge in [0.1, 0.15) is 11.5 Å². The van der Waals surface area contributed by atoms with Crippen molar-refractivity contribution in [1.29, 1.82) is 0 Å². The fourth-order valence-corrected chi connectivity index (χ4v) is 3.39. The lowest BCUT2D eigenvalue weighted by atomic mass is 10.2. The Balaban J connectivity index is 1.53. The van der Waals surface area contributed by atoms with E-state index < -0.39 is 0 Å². The minimum atomic E-state index is -0.285. The second kappa shape index (κ2) is 8.50. The van der Waals surface area contributed by atoms with E-state index in [1.807, 2.05) is 18.2 Å². The van der Waals surface area contributed by atoms with Gasteiger partial charge in [0.2, 0.25) is 5.91 Å². The number of methoxy groups -OCH3 is 2. The fraction of sp³-hybridized carbons (Fsp3) is 0.211. The van der Waals surface area contributed by atoms with Crippen LogP contribution >= 0.6 is 11.3 Å². The van der Waals surface area contributed by atoms with E-state index in [1.54, 1.807) is 31.4 Å². The molecule has 2 aromatic carbocycles. The number of thiazole rings is 1. The van der Waals surface area contributed by atoms with Crippen molar-refractivity contribution in [2.24, 2.45) is 0 Å². The van der Waals surface area contributed by atoms with Gasteiger partial charge in [0.05, 0.1) is 30.0 Å². The highest BCUT2D eigenvalue weighted by Gasteiger charge is 2.12. The molecule has 7 nitrogen and oxygen atoms in total. The average Bonchev–Trinajstić information content (AvgIpc) is 3.08. The molecular weight excluding hydrogens is 366 g/mol. The molecular formula is C19H19N3O4S. The van der Waals surface area contributed by atoms with Crippen LogP contribution in [0.2, 0.25) is 0 Å². The number of fused-ring (bicyclic) bond motifs is 1. The second-order valence-electron chi connectivity index (χ2n) is 5.61. The summed E-state index contributed by atoms with van der Waals surface area (Å²) in [6.45, 7) is 0.210. The Morgan fingerprint density at radius 3 is 2.70 bits per heavy atom. The van der Waals surface area contributed by atoms with Gasteiger partial charge in [-0.25, -0.2) is 4.98 Å². The van der Waals surface area contributed by atoms with Crippen molar-refractivity contribution >= 4 is 38.5 Å². The Labute approximate surface area is 160 Å². The monoisotopic (exact) mass is 385 g/mol. The van der Waals surface area contributed by atoms with Gasteiger partial charge in [0, 0.05) is 13.0 Å². The Kier molecular flexibility index (Phi) is 5.87. The molecule has 0 atom stereocenters. The van der Waals surface area contributed by atoms with Crippen molar-refractivity contribution < 1.29 is 19.1 Å². The second-order valence-corrected chi connectivity index (χ2v) is 6.64. The predicted molar refractivity (Wildman–Crippen MR) is 105 cm³/mol. The van der Waals surface area contributed by atoms with Crippen LogP contribution in [0.25, 0.3) is 10.2 Å². The lowest BCUT2D eigenvalue weighted by molar-refractivity contribution is -0.116. The normalized spacial score (nSPS) is 10.4. The number of ether oxygens (including phenoxy) is 2.